The van der Waals surface area contributed by atoms with E-state index < -0.39 is 5.56 Å². The van der Waals surface area contributed by atoms with E-state index in [1.807, 2.05) is 47.8 Å². The predicted molar refractivity (Wildman–Crippen MR) is 110 cm³/mol. The van der Waals surface area contributed by atoms with Crippen molar-refractivity contribution < 1.29 is 4.79 Å². The van der Waals surface area contributed by atoms with Gasteiger partial charge in [0.25, 0.3) is 5.56 Å². The van der Waals surface area contributed by atoms with Gasteiger partial charge in [0.15, 0.2) is 0 Å². The fourth-order valence-corrected chi connectivity index (χ4v) is 3.74. The Labute approximate surface area is 168 Å². The summed E-state index contributed by atoms with van der Waals surface area (Å²) < 4.78 is 2.68. The zero-order valence-electron chi connectivity index (χ0n) is 15.0. The molecule has 0 radical (unpaired) electrons. The van der Waals surface area contributed by atoms with Gasteiger partial charge in [-0.1, -0.05) is 41.6 Å². The van der Waals surface area contributed by atoms with E-state index in [9.17, 15) is 9.59 Å². The summed E-state index contributed by atoms with van der Waals surface area (Å²) in [5, 5.41) is 14.4. The van der Waals surface area contributed by atoms with Gasteiger partial charge in [0.1, 0.15) is 16.9 Å². The molecule has 7 nitrogen and oxygen atoms in total. The molecule has 5 aromatic rings. The van der Waals surface area contributed by atoms with Crippen LogP contribution in [0.1, 0.15) is 15.4 Å². The molecule has 29 heavy (non-hydrogen) atoms. The molecule has 0 fully saturated rings. The number of hydrogen-bond donors (Lipinski definition) is 0. The maximum Gasteiger partial charge on any atom is 0.297 e. The van der Waals surface area contributed by atoms with Crippen LogP contribution in [0.3, 0.4) is 0 Å². The lowest BCUT2D eigenvalue weighted by atomic mass is 10.2. The molecule has 0 saturated heterocycles. The fourth-order valence-electron chi connectivity index (χ4n) is 3.07. The molecule has 0 saturated carbocycles. The van der Waals surface area contributed by atoms with Gasteiger partial charge in [0.05, 0.1) is 16.1 Å². The fraction of sp³-hybridized carbons (Fsp3) is 0. The molecule has 140 valence electrons. The summed E-state index contributed by atoms with van der Waals surface area (Å²) in [6.45, 7) is 0. The molecule has 8 heteroatoms. The van der Waals surface area contributed by atoms with Gasteiger partial charge >= 0.3 is 0 Å². The molecule has 3 heterocycles. The van der Waals surface area contributed by atoms with Gasteiger partial charge in [-0.2, -0.15) is 9.78 Å². The molecule has 2 aromatic carbocycles. The van der Waals surface area contributed by atoms with Crippen molar-refractivity contribution in [1.82, 2.24) is 24.8 Å². The average Bonchev–Trinajstić information content (AvgIpc) is 3.44. The highest BCUT2D eigenvalue weighted by Gasteiger charge is 2.20. The van der Waals surface area contributed by atoms with Crippen molar-refractivity contribution in [3.05, 3.63) is 99.1 Å². The number of nitrogens with zero attached hydrogens (tertiary/aromatic N) is 5. The molecule has 0 aliphatic carbocycles. The van der Waals surface area contributed by atoms with Crippen LogP contribution in [0.4, 0.5) is 0 Å². The Hall–Kier alpha value is -3.91. The summed E-state index contributed by atoms with van der Waals surface area (Å²) >= 11 is 1.33. The summed E-state index contributed by atoms with van der Waals surface area (Å²) in [4.78, 5) is 26.8. The topological polar surface area (TPSA) is 82.7 Å². The van der Waals surface area contributed by atoms with Gasteiger partial charge in [0.2, 0.25) is 5.78 Å². The Morgan fingerprint density at radius 1 is 0.897 bits per heavy atom. The first kappa shape index (κ1) is 17.2. The zero-order chi connectivity index (χ0) is 19.8. The number of aromatic nitrogens is 5. The molecule has 0 aliphatic rings. The third-order valence-corrected chi connectivity index (χ3v) is 5.32. The normalized spacial score (nSPS) is 11.0. The second-order valence-corrected chi connectivity index (χ2v) is 7.21. The number of hydrogen-bond acceptors (Lipinski definition) is 6. The van der Waals surface area contributed by atoms with Gasteiger partial charge in [-0.3, -0.25) is 9.59 Å². The van der Waals surface area contributed by atoms with Gasteiger partial charge in [-0.25, -0.2) is 4.68 Å². The molecule has 0 aliphatic heterocycles. The molecule has 5 rings (SSSR count). The molecule has 0 atom stereocenters. The highest BCUT2D eigenvalue weighted by molar-refractivity contribution is 7.12. The van der Waals surface area contributed by atoms with Crippen LogP contribution < -0.4 is 5.56 Å². The van der Waals surface area contributed by atoms with Crippen LogP contribution in [0.15, 0.2) is 83.0 Å². The summed E-state index contributed by atoms with van der Waals surface area (Å²) in [6, 6.07) is 21.3. The summed E-state index contributed by atoms with van der Waals surface area (Å²) in [5.41, 5.74) is 1.85. The Morgan fingerprint density at radius 3 is 2.48 bits per heavy atom. The summed E-state index contributed by atoms with van der Waals surface area (Å²) in [6.07, 6.45) is 0. The largest absolute Gasteiger partial charge is 0.297 e. The van der Waals surface area contributed by atoms with Crippen LogP contribution in [0.2, 0.25) is 0 Å². The minimum absolute atomic E-state index is 0.158. The molecule has 0 unspecified atom stereocenters. The molecule has 3 aromatic heterocycles. The quantitative estimate of drug-likeness (QED) is 0.433. The molecular formula is C21H13N5O2S. The first-order chi connectivity index (χ1) is 14.2. The third-order valence-electron chi connectivity index (χ3n) is 4.45. The number of benzene rings is 2. The highest BCUT2D eigenvalue weighted by Crippen LogP contribution is 2.18. The van der Waals surface area contributed by atoms with Crippen molar-refractivity contribution in [2.24, 2.45) is 0 Å². The van der Waals surface area contributed by atoms with Crippen LogP contribution in [-0.2, 0) is 0 Å². The first-order valence-corrected chi connectivity index (χ1v) is 9.69. The number of fused-ring (bicyclic) bond motifs is 1. The minimum atomic E-state index is -0.394. The lowest BCUT2D eigenvalue weighted by Crippen LogP contribution is -2.28. The number of thiophene rings is 1. The Bertz CT molecular complexity index is 1390. The zero-order valence-corrected chi connectivity index (χ0v) is 15.8. The van der Waals surface area contributed by atoms with Gasteiger partial charge in [-0.15, -0.1) is 16.4 Å². The van der Waals surface area contributed by atoms with E-state index in [1.165, 1.54) is 26.8 Å². The number of para-hydroxylation sites is 2. The standard InChI is InChI=1S/C21H13N5O2S/c27-20(19-11-6-12-29-19)16-13-18(26-17-10-5-4-9-15(17)22-24-26)21(28)25(23-16)14-7-2-1-3-8-14/h1-13H. The van der Waals surface area contributed by atoms with Crippen molar-refractivity contribution in [2.45, 2.75) is 0 Å². The monoisotopic (exact) mass is 399 g/mol. The number of carbonyl (C=O) groups excluding carboxylic acids is 1. The predicted octanol–water partition coefficient (Wildman–Crippen LogP) is 3.26. The van der Waals surface area contributed by atoms with Gasteiger partial charge < -0.3 is 0 Å². The van der Waals surface area contributed by atoms with Gasteiger partial charge in [0, 0.05) is 6.07 Å². The number of ketones is 1. The summed E-state index contributed by atoms with van der Waals surface area (Å²) in [5.74, 6) is -0.254. The molecular weight excluding hydrogens is 386 g/mol. The smallest absolute Gasteiger partial charge is 0.286 e. The number of carbonyl (C=O) groups is 1. The van der Waals surface area contributed by atoms with Crippen LogP contribution in [-0.4, -0.2) is 30.6 Å². The van der Waals surface area contributed by atoms with Crippen molar-refractivity contribution >= 4 is 28.2 Å². The summed E-state index contributed by atoms with van der Waals surface area (Å²) in [7, 11) is 0. The molecule has 0 N–H and O–H groups in total. The van der Waals surface area contributed by atoms with Gasteiger partial charge in [-0.05, 0) is 35.7 Å². The highest BCUT2D eigenvalue weighted by atomic mass is 32.1. The SMILES string of the molecule is O=C(c1cc(-n2nnc3ccccc32)c(=O)n(-c2ccccc2)n1)c1cccs1. The maximum atomic E-state index is 13.3. The third kappa shape index (κ3) is 2.95. The van der Waals surface area contributed by atoms with E-state index >= 15 is 0 Å². The van der Waals surface area contributed by atoms with E-state index in [-0.39, 0.29) is 17.2 Å². The second-order valence-electron chi connectivity index (χ2n) is 6.26. The molecule has 0 spiro atoms. The Balaban J connectivity index is 1.79. The lowest BCUT2D eigenvalue weighted by Gasteiger charge is -2.10. The van der Waals surface area contributed by atoms with E-state index in [0.717, 1.165) is 0 Å². The van der Waals surface area contributed by atoms with Crippen LogP contribution >= 0.6 is 11.3 Å². The van der Waals surface area contributed by atoms with Crippen molar-refractivity contribution in [1.29, 1.82) is 0 Å². The Kier molecular flexibility index (Phi) is 4.10. The molecule has 0 amide bonds. The van der Waals surface area contributed by atoms with E-state index in [1.54, 1.807) is 24.3 Å². The van der Waals surface area contributed by atoms with Crippen LogP contribution in [0, 0.1) is 0 Å². The second kappa shape index (κ2) is 6.92. The first-order valence-electron chi connectivity index (χ1n) is 8.81. The van der Waals surface area contributed by atoms with Crippen LogP contribution in [0.25, 0.3) is 22.4 Å². The lowest BCUT2D eigenvalue weighted by molar-refractivity contribution is 0.103. The van der Waals surface area contributed by atoms with E-state index in [0.29, 0.717) is 21.6 Å². The van der Waals surface area contributed by atoms with Crippen molar-refractivity contribution in [3.8, 4) is 11.4 Å². The van der Waals surface area contributed by atoms with E-state index in [4.69, 9.17) is 0 Å². The maximum absolute atomic E-state index is 13.3. The minimum Gasteiger partial charge on any atom is -0.286 e. The number of rotatable bonds is 4. The molecule has 0 bridgehead atoms. The average molecular weight is 399 g/mol. The van der Waals surface area contributed by atoms with Crippen molar-refractivity contribution in [3.63, 3.8) is 0 Å². The Morgan fingerprint density at radius 2 is 1.69 bits per heavy atom. The van der Waals surface area contributed by atoms with Crippen LogP contribution in [0.5, 0.6) is 0 Å². The van der Waals surface area contributed by atoms with Crippen molar-refractivity contribution in [2.75, 3.05) is 0 Å². The van der Waals surface area contributed by atoms with E-state index in [2.05, 4.69) is 15.4 Å².